The molecule has 148 valence electrons. The van der Waals surface area contributed by atoms with Crippen LogP contribution >= 0.6 is 0 Å². The fourth-order valence-corrected chi connectivity index (χ4v) is 2.95. The first-order chi connectivity index (χ1) is 13.4. The van der Waals surface area contributed by atoms with Crippen molar-refractivity contribution in [3.63, 3.8) is 0 Å². The van der Waals surface area contributed by atoms with E-state index in [1.165, 1.54) is 0 Å². The fraction of sp³-hybridized carbons (Fsp3) is 0.429. The van der Waals surface area contributed by atoms with Crippen molar-refractivity contribution < 1.29 is 18.7 Å². The molecule has 7 nitrogen and oxygen atoms in total. The molecule has 0 radical (unpaired) electrons. The minimum atomic E-state index is -0.567. The van der Waals surface area contributed by atoms with Gasteiger partial charge in [-0.05, 0) is 39.0 Å². The molecule has 1 aliphatic rings. The summed E-state index contributed by atoms with van der Waals surface area (Å²) in [5, 5.41) is 15.2. The maximum absolute atomic E-state index is 12.0. The van der Waals surface area contributed by atoms with Crippen molar-refractivity contribution in [2.24, 2.45) is 0 Å². The number of morpholine rings is 1. The molecule has 1 atom stereocenters. The predicted molar refractivity (Wildman–Crippen MR) is 103 cm³/mol. The van der Waals surface area contributed by atoms with Gasteiger partial charge in [-0.1, -0.05) is 12.1 Å². The van der Waals surface area contributed by atoms with Gasteiger partial charge >= 0.3 is 6.09 Å². The lowest BCUT2D eigenvalue weighted by Gasteiger charge is -2.23. The Morgan fingerprint density at radius 3 is 2.89 bits per heavy atom. The molecule has 2 heterocycles. The number of nitriles is 1. The Bertz CT molecular complexity index is 871. The van der Waals surface area contributed by atoms with Gasteiger partial charge in [-0.3, -0.25) is 0 Å². The summed E-state index contributed by atoms with van der Waals surface area (Å²) in [6.45, 7) is 7.71. The number of rotatable bonds is 4. The molecule has 3 rings (SSSR count). The average Bonchev–Trinajstić information content (AvgIpc) is 3.10. The number of nitrogens with one attached hydrogen (secondary N) is 2. The Balaban J connectivity index is 1.85. The van der Waals surface area contributed by atoms with Gasteiger partial charge in [-0.25, -0.2) is 4.79 Å². The third kappa shape index (κ3) is 5.12. The van der Waals surface area contributed by atoms with Crippen LogP contribution < -0.4 is 10.6 Å². The van der Waals surface area contributed by atoms with Gasteiger partial charge in [0.15, 0.2) is 0 Å². The number of hydrogen-bond acceptors (Lipinski definition) is 6. The first kappa shape index (κ1) is 19.9. The van der Waals surface area contributed by atoms with Gasteiger partial charge in [0, 0.05) is 30.8 Å². The first-order valence-corrected chi connectivity index (χ1v) is 9.28. The minimum Gasteiger partial charge on any atom is -0.458 e. The second-order valence-electron chi connectivity index (χ2n) is 7.61. The van der Waals surface area contributed by atoms with Gasteiger partial charge in [0.05, 0.1) is 18.2 Å². The molecule has 1 aromatic heterocycles. The van der Waals surface area contributed by atoms with Crippen molar-refractivity contribution in [2.45, 2.75) is 39.0 Å². The molecule has 1 aromatic carbocycles. The standard InChI is InChI=1S/C21H25N3O4/c1-21(2,3)28-20(25)24-12-16-10-17(15-6-4-5-14(9-15)11-22)27-19(16)18-13-23-7-8-26-18/h4-6,9-10,18,23H,7-8,12-13H2,1-3H3,(H,24,25). The number of furan rings is 1. The largest absolute Gasteiger partial charge is 0.458 e. The highest BCUT2D eigenvalue weighted by molar-refractivity contribution is 5.68. The maximum Gasteiger partial charge on any atom is 0.407 e. The number of ether oxygens (including phenoxy) is 2. The fourth-order valence-electron chi connectivity index (χ4n) is 2.95. The van der Waals surface area contributed by atoms with Crippen LogP contribution in [0.15, 0.2) is 34.7 Å². The van der Waals surface area contributed by atoms with Crippen LogP contribution in [0.2, 0.25) is 0 Å². The lowest BCUT2D eigenvalue weighted by Crippen LogP contribution is -2.34. The van der Waals surface area contributed by atoms with E-state index >= 15 is 0 Å². The summed E-state index contributed by atoms with van der Waals surface area (Å²) >= 11 is 0. The lowest BCUT2D eigenvalue weighted by atomic mass is 10.1. The van der Waals surface area contributed by atoms with E-state index in [-0.39, 0.29) is 12.6 Å². The molecule has 2 aromatic rings. The van der Waals surface area contributed by atoms with Crippen LogP contribution in [0.4, 0.5) is 4.79 Å². The summed E-state index contributed by atoms with van der Waals surface area (Å²) < 4.78 is 17.2. The van der Waals surface area contributed by atoms with Crippen molar-refractivity contribution in [1.29, 1.82) is 5.26 Å². The highest BCUT2D eigenvalue weighted by atomic mass is 16.6. The van der Waals surface area contributed by atoms with Crippen LogP contribution in [-0.4, -0.2) is 31.4 Å². The smallest absolute Gasteiger partial charge is 0.407 e. The van der Waals surface area contributed by atoms with Gasteiger partial charge in [0.2, 0.25) is 0 Å². The second kappa shape index (κ2) is 8.46. The average molecular weight is 383 g/mol. The van der Waals surface area contributed by atoms with Crippen molar-refractivity contribution in [3.8, 4) is 17.4 Å². The molecule has 28 heavy (non-hydrogen) atoms. The molecule has 1 fully saturated rings. The molecule has 0 aliphatic carbocycles. The third-order valence-corrected chi connectivity index (χ3v) is 4.16. The van der Waals surface area contributed by atoms with Crippen molar-refractivity contribution >= 4 is 6.09 Å². The number of alkyl carbamates (subject to hydrolysis) is 1. The van der Waals surface area contributed by atoms with Gasteiger partial charge < -0.3 is 24.5 Å². The molecule has 7 heteroatoms. The van der Waals surface area contributed by atoms with Crippen molar-refractivity contribution in [3.05, 3.63) is 47.2 Å². The normalized spacial score (nSPS) is 17.0. The summed E-state index contributed by atoms with van der Waals surface area (Å²) in [7, 11) is 0. The summed E-state index contributed by atoms with van der Waals surface area (Å²) in [6, 6.07) is 11.2. The SMILES string of the molecule is CC(C)(C)OC(=O)NCc1cc(-c2cccc(C#N)c2)oc1C1CNCCO1. The zero-order valence-corrected chi connectivity index (χ0v) is 16.4. The highest BCUT2D eigenvalue weighted by Gasteiger charge is 2.25. The Kier molecular flexibility index (Phi) is 6.02. The van der Waals surface area contributed by atoms with Gasteiger partial charge in [-0.15, -0.1) is 0 Å². The topological polar surface area (TPSA) is 96.5 Å². The Morgan fingerprint density at radius 2 is 2.21 bits per heavy atom. The predicted octanol–water partition coefficient (Wildman–Crippen LogP) is 3.50. The highest BCUT2D eigenvalue weighted by Crippen LogP contribution is 2.32. The molecule has 1 saturated heterocycles. The van der Waals surface area contributed by atoms with E-state index in [0.29, 0.717) is 30.2 Å². The second-order valence-corrected chi connectivity index (χ2v) is 7.61. The van der Waals surface area contributed by atoms with E-state index in [1.54, 1.807) is 12.1 Å². The molecule has 1 amide bonds. The maximum atomic E-state index is 12.0. The quantitative estimate of drug-likeness (QED) is 0.839. The summed E-state index contributed by atoms with van der Waals surface area (Å²) in [5.74, 6) is 1.29. The van der Waals surface area contributed by atoms with E-state index in [4.69, 9.17) is 19.2 Å². The molecule has 0 bridgehead atoms. The number of benzene rings is 1. The Morgan fingerprint density at radius 1 is 1.39 bits per heavy atom. The van der Waals surface area contributed by atoms with Crippen molar-refractivity contribution in [2.75, 3.05) is 19.7 Å². The summed E-state index contributed by atoms with van der Waals surface area (Å²) in [4.78, 5) is 12.0. The van der Waals surface area contributed by atoms with E-state index in [2.05, 4.69) is 16.7 Å². The van der Waals surface area contributed by atoms with Crippen LogP contribution in [0.1, 0.15) is 43.8 Å². The molecule has 1 unspecified atom stereocenters. The molecule has 0 saturated carbocycles. The molecule has 2 N–H and O–H groups in total. The number of carbonyl (C=O) groups excluding carboxylic acids is 1. The number of nitrogens with zero attached hydrogens (tertiary/aromatic N) is 1. The number of carbonyl (C=O) groups is 1. The van der Waals surface area contributed by atoms with Crippen LogP contribution in [0.3, 0.4) is 0 Å². The van der Waals surface area contributed by atoms with Crippen LogP contribution in [-0.2, 0) is 16.0 Å². The lowest BCUT2D eigenvalue weighted by molar-refractivity contribution is 0.0137. The summed E-state index contributed by atoms with van der Waals surface area (Å²) in [6.07, 6.45) is -0.729. The van der Waals surface area contributed by atoms with E-state index in [1.807, 2.05) is 39.0 Å². The zero-order chi connectivity index (χ0) is 20.1. The van der Waals surface area contributed by atoms with Crippen LogP contribution in [0.5, 0.6) is 0 Å². The molecule has 1 aliphatic heterocycles. The van der Waals surface area contributed by atoms with E-state index in [9.17, 15) is 4.79 Å². The van der Waals surface area contributed by atoms with Crippen LogP contribution in [0, 0.1) is 11.3 Å². The molecule has 0 spiro atoms. The van der Waals surface area contributed by atoms with E-state index in [0.717, 1.165) is 17.7 Å². The summed E-state index contributed by atoms with van der Waals surface area (Å²) in [5.41, 5.74) is 1.60. The van der Waals surface area contributed by atoms with Gasteiger partial charge in [0.25, 0.3) is 0 Å². The Hall–Kier alpha value is -2.82. The van der Waals surface area contributed by atoms with Crippen molar-refractivity contribution in [1.82, 2.24) is 10.6 Å². The minimum absolute atomic E-state index is 0.239. The van der Waals surface area contributed by atoms with E-state index < -0.39 is 11.7 Å². The Labute approximate surface area is 164 Å². The van der Waals surface area contributed by atoms with Gasteiger partial charge in [0.1, 0.15) is 23.2 Å². The first-order valence-electron chi connectivity index (χ1n) is 9.28. The number of hydrogen-bond donors (Lipinski definition) is 2. The zero-order valence-electron chi connectivity index (χ0n) is 16.4. The third-order valence-electron chi connectivity index (χ3n) is 4.16. The molecular formula is C21H25N3O4. The monoisotopic (exact) mass is 383 g/mol. The molecular weight excluding hydrogens is 358 g/mol. The van der Waals surface area contributed by atoms with Gasteiger partial charge in [-0.2, -0.15) is 5.26 Å². The van der Waals surface area contributed by atoms with Crippen LogP contribution in [0.25, 0.3) is 11.3 Å². The number of amides is 1.